The maximum absolute atomic E-state index is 12.6. The molecule has 30 heavy (non-hydrogen) atoms. The van der Waals surface area contributed by atoms with Gasteiger partial charge in [0.05, 0.1) is 46.1 Å². The average molecular weight is 444 g/mol. The number of carbonyl (C=O) groups excluding carboxylic acids is 1. The van der Waals surface area contributed by atoms with Crippen molar-refractivity contribution in [3.63, 3.8) is 0 Å². The van der Waals surface area contributed by atoms with Crippen LogP contribution < -0.4 is 10.6 Å². The molecule has 0 saturated carbocycles. The zero-order valence-electron chi connectivity index (χ0n) is 16.4. The molecule has 4 aromatic rings. The number of hydrogen-bond donors (Lipinski definition) is 2. The van der Waals surface area contributed by atoms with Crippen LogP contribution in [0.2, 0.25) is 5.02 Å². The van der Waals surface area contributed by atoms with Gasteiger partial charge < -0.3 is 15.4 Å². The first-order chi connectivity index (χ1) is 14.5. The van der Waals surface area contributed by atoms with Crippen LogP contribution in [-0.4, -0.2) is 38.1 Å². The Balaban J connectivity index is 1.57. The summed E-state index contributed by atoms with van der Waals surface area (Å²) in [6.45, 7) is 3.81. The average Bonchev–Trinajstić information content (AvgIpc) is 3.36. The Morgan fingerprint density at radius 3 is 2.87 bits per heavy atom. The van der Waals surface area contributed by atoms with E-state index >= 15 is 0 Å². The van der Waals surface area contributed by atoms with E-state index in [2.05, 4.69) is 30.9 Å². The molecule has 1 aromatic carbocycles. The molecule has 3 heterocycles. The number of anilines is 2. The Bertz CT molecular complexity index is 1210. The lowest BCUT2D eigenvalue weighted by molar-refractivity contribution is 0.121. The Morgan fingerprint density at radius 2 is 2.17 bits per heavy atom. The molecule has 0 spiro atoms. The van der Waals surface area contributed by atoms with Crippen molar-refractivity contribution in [2.75, 3.05) is 17.7 Å². The Hall–Kier alpha value is -3.08. The minimum absolute atomic E-state index is 0.274. The minimum Gasteiger partial charge on any atom is -0.377 e. The highest BCUT2D eigenvalue weighted by molar-refractivity contribution is 7.18. The summed E-state index contributed by atoms with van der Waals surface area (Å²) >= 11 is 7.82. The summed E-state index contributed by atoms with van der Waals surface area (Å²) in [5.41, 5.74) is 3.22. The fourth-order valence-electron chi connectivity index (χ4n) is 3.02. The normalized spacial score (nSPS) is 12.1. The summed E-state index contributed by atoms with van der Waals surface area (Å²) in [6.07, 6.45) is 4.58. The number of methoxy groups -OCH3 is 1. The molecule has 0 bridgehead atoms. The number of thiazole rings is 1. The van der Waals surface area contributed by atoms with Crippen molar-refractivity contribution in [1.82, 2.24) is 25.0 Å². The Morgan fingerprint density at radius 1 is 1.33 bits per heavy atom. The number of urea groups is 1. The van der Waals surface area contributed by atoms with E-state index in [9.17, 15) is 4.79 Å². The first-order valence-electron chi connectivity index (χ1n) is 8.99. The van der Waals surface area contributed by atoms with E-state index in [1.807, 2.05) is 13.8 Å². The predicted octanol–water partition coefficient (Wildman–Crippen LogP) is 4.59. The molecular weight excluding hydrogens is 426 g/mol. The summed E-state index contributed by atoms with van der Waals surface area (Å²) in [7, 11) is 1.61. The van der Waals surface area contributed by atoms with Crippen molar-refractivity contribution in [1.29, 1.82) is 0 Å². The van der Waals surface area contributed by atoms with E-state index in [1.165, 1.54) is 11.3 Å². The molecule has 11 heteroatoms. The highest BCUT2D eigenvalue weighted by Gasteiger charge is 2.20. The number of benzene rings is 1. The predicted molar refractivity (Wildman–Crippen MR) is 117 cm³/mol. The van der Waals surface area contributed by atoms with Crippen LogP contribution in [0.4, 0.5) is 16.2 Å². The topological polar surface area (TPSA) is 107 Å². The second-order valence-electron chi connectivity index (χ2n) is 6.44. The van der Waals surface area contributed by atoms with E-state index in [1.54, 1.807) is 48.6 Å². The molecule has 3 aromatic heterocycles. The summed E-state index contributed by atoms with van der Waals surface area (Å²) in [5, 5.41) is 14.6. The minimum atomic E-state index is -0.433. The molecule has 2 amide bonds. The maximum atomic E-state index is 12.6. The van der Waals surface area contributed by atoms with Crippen molar-refractivity contribution in [2.24, 2.45) is 0 Å². The highest BCUT2D eigenvalue weighted by Crippen LogP contribution is 2.33. The lowest BCUT2D eigenvalue weighted by Gasteiger charge is -2.16. The largest absolute Gasteiger partial charge is 0.377 e. The number of rotatable bonds is 5. The zero-order chi connectivity index (χ0) is 21.3. The first kappa shape index (κ1) is 20.2. The second-order valence-corrected chi connectivity index (χ2v) is 8.03. The van der Waals surface area contributed by atoms with Crippen LogP contribution in [0.3, 0.4) is 0 Å². The van der Waals surface area contributed by atoms with Crippen molar-refractivity contribution in [3.05, 3.63) is 52.4 Å². The number of aryl methyl sites for hydroxylation is 1. The van der Waals surface area contributed by atoms with Crippen LogP contribution in [0, 0.1) is 6.92 Å². The molecule has 0 aliphatic rings. The molecule has 0 radical (unpaired) electrons. The van der Waals surface area contributed by atoms with Crippen molar-refractivity contribution in [3.8, 4) is 5.69 Å². The third-order valence-electron chi connectivity index (χ3n) is 4.46. The molecule has 0 aliphatic carbocycles. The number of fused-ring (bicyclic) bond motifs is 1. The van der Waals surface area contributed by atoms with E-state index in [0.29, 0.717) is 22.1 Å². The number of halogens is 1. The third kappa shape index (κ3) is 3.97. The van der Waals surface area contributed by atoms with Crippen molar-refractivity contribution in [2.45, 2.75) is 20.0 Å². The van der Waals surface area contributed by atoms with Crippen molar-refractivity contribution < 1.29 is 9.53 Å². The zero-order valence-corrected chi connectivity index (χ0v) is 18.0. The monoisotopic (exact) mass is 443 g/mol. The molecule has 0 saturated heterocycles. The van der Waals surface area contributed by atoms with Crippen LogP contribution in [0.25, 0.3) is 16.0 Å². The van der Waals surface area contributed by atoms with E-state index in [-0.39, 0.29) is 6.10 Å². The van der Waals surface area contributed by atoms with E-state index < -0.39 is 6.03 Å². The number of nitrogens with zero attached hydrogens (tertiary/aromatic N) is 5. The molecule has 0 aliphatic heterocycles. The van der Waals surface area contributed by atoms with Gasteiger partial charge in [0.15, 0.2) is 0 Å². The summed E-state index contributed by atoms with van der Waals surface area (Å²) in [5.74, 6) is 0. The van der Waals surface area contributed by atoms with Gasteiger partial charge in [-0.05, 0) is 32.0 Å². The number of aromatic nitrogens is 5. The number of hydrogen-bond acceptors (Lipinski definition) is 7. The Kier molecular flexibility index (Phi) is 5.62. The van der Waals surface area contributed by atoms with Gasteiger partial charge in [0.2, 0.25) is 0 Å². The molecule has 2 N–H and O–H groups in total. The second kappa shape index (κ2) is 8.34. The number of carbonyl (C=O) groups is 1. The molecule has 1 atom stereocenters. The van der Waals surface area contributed by atoms with Gasteiger partial charge in [-0.15, -0.1) is 5.10 Å². The summed E-state index contributed by atoms with van der Waals surface area (Å²) in [6, 6.07) is 4.68. The van der Waals surface area contributed by atoms with Crippen molar-refractivity contribution >= 4 is 50.7 Å². The van der Waals surface area contributed by atoms with Gasteiger partial charge in [-0.2, -0.15) is 0 Å². The van der Waals surface area contributed by atoms with Gasteiger partial charge >= 0.3 is 6.03 Å². The number of nitrogens with one attached hydrogen (secondary N) is 2. The van der Waals surface area contributed by atoms with Crippen LogP contribution in [0.1, 0.15) is 23.6 Å². The Labute approximate surface area is 181 Å². The first-order valence-corrected chi connectivity index (χ1v) is 10.2. The van der Waals surface area contributed by atoms with Gasteiger partial charge in [-0.25, -0.2) is 19.4 Å². The van der Waals surface area contributed by atoms with Crippen LogP contribution in [-0.2, 0) is 4.74 Å². The number of amides is 2. The lowest BCUT2D eigenvalue weighted by Crippen LogP contribution is -2.21. The van der Waals surface area contributed by atoms with Gasteiger partial charge in [-0.3, -0.25) is 0 Å². The molecular formula is C19H18ClN7O2S. The quantitative estimate of drug-likeness (QED) is 0.467. The summed E-state index contributed by atoms with van der Waals surface area (Å²) in [4.78, 5) is 22.4. The number of ether oxygens (including phenoxy) is 1. The van der Waals surface area contributed by atoms with Gasteiger partial charge in [0.25, 0.3) is 0 Å². The molecule has 9 nitrogen and oxygen atoms in total. The molecule has 0 fully saturated rings. The molecule has 4 rings (SSSR count). The third-order valence-corrected chi connectivity index (χ3v) is 5.64. The van der Waals surface area contributed by atoms with Gasteiger partial charge in [0, 0.05) is 18.4 Å². The highest BCUT2D eigenvalue weighted by atomic mass is 35.5. The van der Waals surface area contributed by atoms with Crippen LogP contribution >= 0.6 is 22.9 Å². The molecule has 154 valence electrons. The lowest BCUT2D eigenvalue weighted by atomic mass is 10.1. The molecule has 0 unspecified atom stereocenters. The standard InChI is InChI=1S/C19H18ClN7O2S/c1-10(29-3)16-14(9-21-18-17(16)23-11(2)30-18)25-19(28)24-12-4-5-15(13(20)8-12)27-7-6-22-26-27/h4-10H,1-3H3,(H2,24,25,28)/t10-/m0/s1. The summed E-state index contributed by atoms with van der Waals surface area (Å²) < 4.78 is 7.04. The van der Waals surface area contributed by atoms with E-state index in [4.69, 9.17) is 16.3 Å². The van der Waals surface area contributed by atoms with Crippen LogP contribution in [0.5, 0.6) is 0 Å². The van der Waals surface area contributed by atoms with Crippen LogP contribution in [0.15, 0.2) is 36.8 Å². The van der Waals surface area contributed by atoms with Gasteiger partial charge in [0.1, 0.15) is 10.3 Å². The smallest absolute Gasteiger partial charge is 0.323 e. The number of pyridine rings is 1. The SMILES string of the molecule is CO[C@@H](C)c1c(NC(=O)Nc2ccc(-n3ccnn3)c(Cl)c2)cnc2sc(C)nc12. The fraction of sp³-hybridized carbons (Fsp3) is 0.211. The fourth-order valence-corrected chi connectivity index (χ4v) is 4.06. The van der Waals surface area contributed by atoms with Gasteiger partial charge in [-0.1, -0.05) is 28.2 Å². The van der Waals surface area contributed by atoms with E-state index in [0.717, 1.165) is 20.9 Å². The maximum Gasteiger partial charge on any atom is 0.323 e.